The minimum Gasteiger partial charge on any atom is -0.486 e. The van der Waals surface area contributed by atoms with Crippen molar-refractivity contribution in [3.05, 3.63) is 27.3 Å². The van der Waals surface area contributed by atoms with E-state index in [2.05, 4.69) is 59.8 Å². The molecule has 0 N–H and O–H groups in total. The predicted molar refractivity (Wildman–Crippen MR) is 89.4 cm³/mol. The van der Waals surface area contributed by atoms with Crippen LogP contribution in [0.1, 0.15) is 24.8 Å². The molecular formula is C15H21ClINO. The van der Waals surface area contributed by atoms with Gasteiger partial charge in [-0.15, -0.1) is 12.4 Å². The van der Waals surface area contributed by atoms with Crippen LogP contribution in [0.5, 0.6) is 5.75 Å². The predicted octanol–water partition coefficient (Wildman–Crippen LogP) is 3.75. The molecule has 1 aromatic rings. The lowest BCUT2D eigenvalue weighted by Gasteiger charge is -2.32. The molecule has 0 unspecified atom stereocenters. The normalized spacial score (nSPS) is 28.3. The second-order valence-electron chi connectivity index (χ2n) is 5.95. The van der Waals surface area contributed by atoms with E-state index in [-0.39, 0.29) is 18.0 Å². The highest BCUT2D eigenvalue weighted by atomic mass is 127. The third kappa shape index (κ3) is 2.88. The van der Waals surface area contributed by atoms with Crippen LogP contribution in [0, 0.1) is 9.49 Å². The number of rotatable bonds is 2. The average molecular weight is 394 g/mol. The van der Waals surface area contributed by atoms with Gasteiger partial charge in [0.2, 0.25) is 0 Å². The van der Waals surface area contributed by atoms with Crippen molar-refractivity contribution in [2.75, 3.05) is 20.6 Å². The van der Waals surface area contributed by atoms with Crippen LogP contribution >= 0.6 is 35.0 Å². The van der Waals surface area contributed by atoms with Gasteiger partial charge in [-0.2, -0.15) is 0 Å². The SMILES string of the molecule is CN(C)C[C@H]1CCC[C@]12Cc1cc(I)ccc1O2.Cl. The van der Waals surface area contributed by atoms with Crippen LogP contribution in [0.25, 0.3) is 0 Å². The van der Waals surface area contributed by atoms with Gasteiger partial charge in [0.25, 0.3) is 0 Å². The zero-order valence-electron chi connectivity index (χ0n) is 11.5. The monoisotopic (exact) mass is 393 g/mol. The molecule has 1 aromatic carbocycles. The van der Waals surface area contributed by atoms with Crippen molar-refractivity contribution in [2.24, 2.45) is 5.92 Å². The van der Waals surface area contributed by atoms with Crippen LogP contribution in [-0.2, 0) is 6.42 Å². The van der Waals surface area contributed by atoms with E-state index in [4.69, 9.17) is 4.74 Å². The van der Waals surface area contributed by atoms with E-state index in [0.29, 0.717) is 5.92 Å². The van der Waals surface area contributed by atoms with E-state index >= 15 is 0 Å². The van der Waals surface area contributed by atoms with E-state index in [0.717, 1.165) is 18.7 Å². The fraction of sp³-hybridized carbons (Fsp3) is 0.600. The van der Waals surface area contributed by atoms with Gasteiger partial charge >= 0.3 is 0 Å². The maximum absolute atomic E-state index is 6.39. The van der Waals surface area contributed by atoms with Crippen molar-refractivity contribution in [2.45, 2.75) is 31.3 Å². The van der Waals surface area contributed by atoms with Crippen molar-refractivity contribution < 1.29 is 4.74 Å². The number of ether oxygens (including phenoxy) is 1. The zero-order valence-corrected chi connectivity index (χ0v) is 14.5. The molecule has 1 fully saturated rings. The van der Waals surface area contributed by atoms with Crippen molar-refractivity contribution in [1.29, 1.82) is 0 Å². The molecule has 0 bridgehead atoms. The molecule has 0 radical (unpaired) electrons. The summed E-state index contributed by atoms with van der Waals surface area (Å²) < 4.78 is 7.71. The fourth-order valence-corrected chi connectivity index (χ4v) is 4.10. The van der Waals surface area contributed by atoms with Gasteiger partial charge in [0.15, 0.2) is 0 Å². The Labute approximate surface area is 135 Å². The molecule has 106 valence electrons. The Balaban J connectivity index is 0.00000133. The third-order valence-corrected chi connectivity index (χ3v) is 4.98. The molecule has 2 nitrogen and oxygen atoms in total. The van der Waals surface area contributed by atoms with Crippen LogP contribution < -0.4 is 4.74 Å². The summed E-state index contributed by atoms with van der Waals surface area (Å²) in [6, 6.07) is 6.58. The summed E-state index contributed by atoms with van der Waals surface area (Å²) in [4.78, 5) is 2.30. The highest BCUT2D eigenvalue weighted by Gasteiger charge is 2.48. The van der Waals surface area contributed by atoms with Crippen molar-refractivity contribution in [3.8, 4) is 5.75 Å². The van der Waals surface area contributed by atoms with E-state index in [1.165, 1.54) is 28.4 Å². The molecule has 1 aliphatic heterocycles. The van der Waals surface area contributed by atoms with Crippen LogP contribution in [-0.4, -0.2) is 31.1 Å². The van der Waals surface area contributed by atoms with Gasteiger partial charge in [-0.3, -0.25) is 0 Å². The highest BCUT2D eigenvalue weighted by Crippen LogP contribution is 2.48. The minimum absolute atomic E-state index is 0. The topological polar surface area (TPSA) is 12.5 Å². The molecule has 1 spiro atoms. The summed E-state index contributed by atoms with van der Waals surface area (Å²) in [5, 5.41) is 0. The minimum atomic E-state index is 0. The summed E-state index contributed by atoms with van der Waals surface area (Å²) in [7, 11) is 4.33. The molecule has 2 aliphatic rings. The van der Waals surface area contributed by atoms with Crippen molar-refractivity contribution >= 4 is 35.0 Å². The third-order valence-electron chi connectivity index (χ3n) is 4.31. The van der Waals surface area contributed by atoms with Gasteiger partial charge in [0.1, 0.15) is 11.4 Å². The van der Waals surface area contributed by atoms with Gasteiger partial charge in [0, 0.05) is 22.5 Å². The molecule has 0 saturated heterocycles. The fourth-order valence-electron chi connectivity index (χ4n) is 3.54. The largest absolute Gasteiger partial charge is 0.486 e. The van der Waals surface area contributed by atoms with Crippen LogP contribution in [0.3, 0.4) is 0 Å². The van der Waals surface area contributed by atoms with E-state index in [9.17, 15) is 0 Å². The molecule has 3 rings (SSSR count). The van der Waals surface area contributed by atoms with Crippen molar-refractivity contribution in [1.82, 2.24) is 4.90 Å². The molecule has 1 aliphatic carbocycles. The Morgan fingerprint density at radius 2 is 2.21 bits per heavy atom. The second-order valence-corrected chi connectivity index (χ2v) is 7.19. The van der Waals surface area contributed by atoms with Crippen molar-refractivity contribution in [3.63, 3.8) is 0 Å². The first-order valence-corrected chi connectivity index (χ1v) is 7.79. The average Bonchev–Trinajstić information content (AvgIpc) is 2.83. The van der Waals surface area contributed by atoms with Crippen LogP contribution in [0.2, 0.25) is 0 Å². The summed E-state index contributed by atoms with van der Waals surface area (Å²) in [5.41, 5.74) is 1.50. The van der Waals surface area contributed by atoms with E-state index < -0.39 is 0 Å². The van der Waals surface area contributed by atoms with Crippen LogP contribution in [0.4, 0.5) is 0 Å². The number of hydrogen-bond donors (Lipinski definition) is 0. The number of nitrogens with zero attached hydrogens (tertiary/aromatic N) is 1. The first kappa shape index (κ1) is 15.4. The summed E-state index contributed by atoms with van der Waals surface area (Å²) in [5.74, 6) is 1.80. The summed E-state index contributed by atoms with van der Waals surface area (Å²) >= 11 is 2.39. The van der Waals surface area contributed by atoms with Crippen LogP contribution in [0.15, 0.2) is 18.2 Å². The molecule has 0 amide bonds. The lowest BCUT2D eigenvalue weighted by Crippen LogP contribution is -2.42. The number of hydrogen-bond acceptors (Lipinski definition) is 2. The Hall–Kier alpha value is -0.000000000000000111. The highest BCUT2D eigenvalue weighted by molar-refractivity contribution is 14.1. The van der Waals surface area contributed by atoms with Gasteiger partial charge in [-0.25, -0.2) is 0 Å². The van der Waals surface area contributed by atoms with Gasteiger partial charge < -0.3 is 9.64 Å². The number of benzene rings is 1. The Morgan fingerprint density at radius 1 is 1.42 bits per heavy atom. The van der Waals surface area contributed by atoms with Gasteiger partial charge in [-0.05, 0) is 79.7 Å². The van der Waals surface area contributed by atoms with Gasteiger partial charge in [0.05, 0.1) is 0 Å². The molecule has 2 atom stereocenters. The molecule has 1 saturated carbocycles. The summed E-state index contributed by atoms with van der Waals surface area (Å²) in [6.07, 6.45) is 4.95. The Morgan fingerprint density at radius 3 is 2.95 bits per heavy atom. The maximum atomic E-state index is 6.39. The molecule has 19 heavy (non-hydrogen) atoms. The number of fused-ring (bicyclic) bond motifs is 1. The molecular weight excluding hydrogens is 373 g/mol. The van der Waals surface area contributed by atoms with E-state index in [1.54, 1.807) is 0 Å². The number of halogens is 2. The molecule has 4 heteroatoms. The van der Waals surface area contributed by atoms with E-state index in [1.807, 2.05) is 0 Å². The first-order valence-electron chi connectivity index (χ1n) is 6.71. The lowest BCUT2D eigenvalue weighted by molar-refractivity contribution is 0.0408. The Kier molecular flexibility index (Phi) is 4.68. The lowest BCUT2D eigenvalue weighted by atomic mass is 9.86. The molecule has 0 aromatic heterocycles. The Bertz CT molecular complexity index is 465. The van der Waals surface area contributed by atoms with Gasteiger partial charge in [-0.1, -0.05) is 0 Å². The first-order chi connectivity index (χ1) is 8.59. The smallest absolute Gasteiger partial charge is 0.123 e. The standard InChI is InChI=1S/C15H20INO.ClH/c1-17(2)10-12-4-3-7-15(12)9-11-8-13(16)5-6-14(11)18-15;/h5-6,8,12H,3-4,7,9-10H2,1-2H3;1H/t12-,15+;/m1./s1. The maximum Gasteiger partial charge on any atom is 0.123 e. The zero-order chi connectivity index (χ0) is 12.8. The quantitative estimate of drug-likeness (QED) is 0.710. The molecule has 1 heterocycles. The summed E-state index contributed by atoms with van der Waals surface area (Å²) in [6.45, 7) is 1.14. The second kappa shape index (κ2) is 5.78.